The van der Waals surface area contributed by atoms with Crippen LogP contribution >= 0.6 is 38.9 Å². The Morgan fingerprint density at radius 2 is 2.29 bits per heavy atom. The molecule has 0 fully saturated rings. The van der Waals surface area contributed by atoms with Gasteiger partial charge in [0.15, 0.2) is 0 Å². The third-order valence-electron chi connectivity index (χ3n) is 2.06. The van der Waals surface area contributed by atoms with Crippen molar-refractivity contribution in [3.8, 4) is 0 Å². The number of aromatic nitrogens is 1. The van der Waals surface area contributed by atoms with Crippen molar-refractivity contribution in [1.29, 1.82) is 0 Å². The van der Waals surface area contributed by atoms with Gasteiger partial charge in [-0.3, -0.25) is 4.79 Å². The number of nitrogens with zero attached hydrogens (tertiary/aromatic N) is 1. The molecule has 2 rings (SSSR count). The molecule has 0 aliphatic rings. The van der Waals surface area contributed by atoms with E-state index in [-0.39, 0.29) is 11.1 Å². The number of amides is 1. The highest BCUT2D eigenvalue weighted by molar-refractivity contribution is 9.11. The Balaban J connectivity index is 2.01. The van der Waals surface area contributed by atoms with E-state index >= 15 is 0 Å². The number of nitrogens with one attached hydrogen (secondary N) is 1. The quantitative estimate of drug-likeness (QED) is 0.875. The van der Waals surface area contributed by atoms with E-state index in [0.717, 1.165) is 8.66 Å². The summed E-state index contributed by atoms with van der Waals surface area (Å²) in [5.41, 5.74) is 0.393. The topological polar surface area (TPSA) is 42.0 Å². The molecule has 0 unspecified atom stereocenters. The second-order valence-electron chi connectivity index (χ2n) is 3.23. The Bertz CT molecular complexity index is 544. The summed E-state index contributed by atoms with van der Waals surface area (Å²) in [7, 11) is 0. The van der Waals surface area contributed by atoms with E-state index in [1.165, 1.54) is 0 Å². The van der Waals surface area contributed by atoms with Gasteiger partial charge in [0.1, 0.15) is 5.15 Å². The molecule has 0 radical (unpaired) electrons. The van der Waals surface area contributed by atoms with Crippen LogP contribution < -0.4 is 5.32 Å². The van der Waals surface area contributed by atoms with Crippen LogP contribution in [0.1, 0.15) is 15.2 Å². The lowest BCUT2D eigenvalue weighted by atomic mass is 10.2. The lowest BCUT2D eigenvalue weighted by molar-refractivity contribution is 0.0951. The van der Waals surface area contributed by atoms with E-state index in [4.69, 9.17) is 11.6 Å². The van der Waals surface area contributed by atoms with Crippen molar-refractivity contribution in [2.75, 3.05) is 0 Å². The minimum absolute atomic E-state index is 0.215. The average Bonchev–Trinajstić information content (AvgIpc) is 2.73. The highest BCUT2D eigenvalue weighted by Gasteiger charge is 2.10. The van der Waals surface area contributed by atoms with Gasteiger partial charge in [-0.1, -0.05) is 11.6 Å². The summed E-state index contributed by atoms with van der Waals surface area (Å²) in [5.74, 6) is -0.215. The van der Waals surface area contributed by atoms with Gasteiger partial charge in [0.25, 0.3) is 5.91 Å². The molecule has 0 bridgehead atoms. The molecule has 0 atom stereocenters. The molecule has 0 aromatic carbocycles. The van der Waals surface area contributed by atoms with Crippen LogP contribution in [0.3, 0.4) is 0 Å². The van der Waals surface area contributed by atoms with Gasteiger partial charge in [0, 0.05) is 11.1 Å². The Morgan fingerprint density at radius 1 is 1.47 bits per heavy atom. The zero-order valence-corrected chi connectivity index (χ0v) is 11.8. The average molecular weight is 332 g/mol. The summed E-state index contributed by atoms with van der Waals surface area (Å²) in [6, 6.07) is 7.24. The second-order valence-corrected chi connectivity index (χ2v) is 6.14. The third-order valence-corrected chi connectivity index (χ3v) is 3.98. The van der Waals surface area contributed by atoms with Crippen LogP contribution in [0.2, 0.25) is 5.15 Å². The Morgan fingerprint density at radius 3 is 2.94 bits per heavy atom. The van der Waals surface area contributed by atoms with Gasteiger partial charge >= 0.3 is 0 Å². The van der Waals surface area contributed by atoms with Crippen LogP contribution in [0, 0.1) is 0 Å². The minimum Gasteiger partial charge on any atom is -0.347 e. The Labute approximate surface area is 116 Å². The van der Waals surface area contributed by atoms with Gasteiger partial charge < -0.3 is 5.32 Å². The van der Waals surface area contributed by atoms with E-state index in [9.17, 15) is 4.79 Å². The molecule has 0 saturated carbocycles. The SMILES string of the molecule is O=C(NCc1ccc(Br)s1)c1cccnc1Cl. The highest BCUT2D eigenvalue weighted by Crippen LogP contribution is 2.22. The number of pyridine rings is 1. The monoisotopic (exact) mass is 330 g/mol. The first-order chi connectivity index (χ1) is 8.16. The fraction of sp³-hybridized carbons (Fsp3) is 0.0909. The second kappa shape index (κ2) is 5.62. The maximum atomic E-state index is 11.8. The summed E-state index contributed by atoms with van der Waals surface area (Å²) in [6.45, 7) is 0.486. The molecule has 88 valence electrons. The lowest BCUT2D eigenvalue weighted by Gasteiger charge is -2.04. The molecule has 0 aliphatic heterocycles. The maximum Gasteiger partial charge on any atom is 0.254 e. The molecule has 6 heteroatoms. The maximum absolute atomic E-state index is 11.8. The first kappa shape index (κ1) is 12.5. The third kappa shape index (κ3) is 3.28. The van der Waals surface area contributed by atoms with Crippen LogP contribution in [0.25, 0.3) is 0 Å². The van der Waals surface area contributed by atoms with E-state index in [1.807, 2.05) is 12.1 Å². The van der Waals surface area contributed by atoms with Crippen LogP contribution in [-0.4, -0.2) is 10.9 Å². The summed E-state index contributed by atoms with van der Waals surface area (Å²) in [6.07, 6.45) is 1.55. The van der Waals surface area contributed by atoms with Crippen molar-refractivity contribution in [1.82, 2.24) is 10.3 Å². The molecule has 0 spiro atoms. The molecule has 1 amide bonds. The number of rotatable bonds is 3. The minimum atomic E-state index is -0.215. The molecular weight excluding hydrogens is 324 g/mol. The predicted octanol–water partition coefficient (Wildman–Crippen LogP) is 3.49. The fourth-order valence-corrected chi connectivity index (χ4v) is 2.89. The molecule has 0 saturated heterocycles. The van der Waals surface area contributed by atoms with Gasteiger partial charge in [-0.25, -0.2) is 4.98 Å². The zero-order chi connectivity index (χ0) is 12.3. The molecule has 1 N–H and O–H groups in total. The van der Waals surface area contributed by atoms with Crippen LogP contribution in [0.15, 0.2) is 34.2 Å². The normalized spacial score (nSPS) is 10.2. The van der Waals surface area contributed by atoms with E-state index < -0.39 is 0 Å². The van der Waals surface area contributed by atoms with Crippen molar-refractivity contribution in [2.45, 2.75) is 6.54 Å². The number of halogens is 2. The van der Waals surface area contributed by atoms with Crippen LogP contribution in [-0.2, 0) is 6.54 Å². The zero-order valence-electron chi connectivity index (χ0n) is 8.61. The van der Waals surface area contributed by atoms with Crippen molar-refractivity contribution >= 4 is 44.8 Å². The van der Waals surface area contributed by atoms with Gasteiger partial charge in [0.2, 0.25) is 0 Å². The Hall–Kier alpha value is -0.910. The highest BCUT2D eigenvalue weighted by atomic mass is 79.9. The molecular formula is C11H8BrClN2OS. The van der Waals surface area contributed by atoms with Crippen LogP contribution in [0.4, 0.5) is 0 Å². The van der Waals surface area contributed by atoms with Gasteiger partial charge in [-0.2, -0.15) is 0 Å². The standard InChI is InChI=1S/C11H8BrClN2OS/c12-9-4-3-7(17-9)6-15-11(16)8-2-1-5-14-10(8)13/h1-5H,6H2,(H,15,16). The van der Waals surface area contributed by atoms with Gasteiger partial charge in [0.05, 0.1) is 15.9 Å². The molecule has 0 aliphatic carbocycles. The molecule has 2 aromatic heterocycles. The fourth-order valence-electron chi connectivity index (χ4n) is 1.26. The first-order valence-corrected chi connectivity index (χ1v) is 6.78. The summed E-state index contributed by atoms with van der Waals surface area (Å²) >= 11 is 10.8. The summed E-state index contributed by atoms with van der Waals surface area (Å²) in [5, 5.41) is 3.02. The van der Waals surface area contributed by atoms with Crippen LogP contribution in [0.5, 0.6) is 0 Å². The smallest absolute Gasteiger partial charge is 0.254 e. The summed E-state index contributed by atoms with van der Waals surface area (Å²) < 4.78 is 1.04. The molecule has 17 heavy (non-hydrogen) atoms. The molecule has 3 nitrogen and oxygen atoms in total. The number of thiophene rings is 1. The van der Waals surface area contributed by atoms with Crippen molar-refractivity contribution in [2.24, 2.45) is 0 Å². The van der Waals surface area contributed by atoms with Crippen molar-refractivity contribution in [3.05, 3.63) is 49.8 Å². The largest absolute Gasteiger partial charge is 0.347 e. The Kier molecular flexibility index (Phi) is 4.15. The van der Waals surface area contributed by atoms with Crippen molar-refractivity contribution in [3.63, 3.8) is 0 Å². The number of hydrogen-bond acceptors (Lipinski definition) is 3. The summed E-state index contributed by atoms with van der Waals surface area (Å²) in [4.78, 5) is 16.7. The van der Waals surface area contributed by atoms with Crippen molar-refractivity contribution < 1.29 is 4.79 Å². The van der Waals surface area contributed by atoms with E-state index in [2.05, 4.69) is 26.2 Å². The van der Waals surface area contributed by atoms with Gasteiger partial charge in [-0.05, 0) is 40.2 Å². The number of hydrogen-bond donors (Lipinski definition) is 1. The van der Waals surface area contributed by atoms with E-state index in [0.29, 0.717) is 12.1 Å². The number of carbonyl (C=O) groups excluding carboxylic acids is 1. The first-order valence-electron chi connectivity index (χ1n) is 4.80. The molecule has 2 aromatic rings. The van der Waals surface area contributed by atoms with Gasteiger partial charge in [-0.15, -0.1) is 11.3 Å². The predicted molar refractivity (Wildman–Crippen MR) is 72.4 cm³/mol. The van der Waals surface area contributed by atoms with E-state index in [1.54, 1.807) is 29.7 Å². The lowest BCUT2D eigenvalue weighted by Crippen LogP contribution is -2.22. The molecule has 2 heterocycles. The number of carbonyl (C=O) groups is 1.